The van der Waals surface area contributed by atoms with Crippen molar-refractivity contribution in [2.45, 2.75) is 91.9 Å². The largest absolute Gasteiger partial charge is 0.478 e. The van der Waals surface area contributed by atoms with Crippen LogP contribution in [-0.2, 0) is 12.8 Å². The van der Waals surface area contributed by atoms with Crippen molar-refractivity contribution in [1.29, 1.82) is 0 Å². The minimum absolute atomic E-state index is 0.216. The van der Waals surface area contributed by atoms with Crippen LogP contribution in [0.5, 0.6) is 0 Å². The van der Waals surface area contributed by atoms with Crippen LogP contribution in [0.4, 0.5) is 0 Å². The summed E-state index contributed by atoms with van der Waals surface area (Å²) < 4.78 is 0. The third-order valence-electron chi connectivity index (χ3n) is 8.68. The Hall–Kier alpha value is -4.06. The molecule has 0 heterocycles. The van der Waals surface area contributed by atoms with Crippen LogP contribution >= 0.6 is 0 Å². The molecule has 0 aliphatic carbocycles. The van der Waals surface area contributed by atoms with Crippen molar-refractivity contribution in [3.8, 4) is 0 Å². The highest BCUT2D eigenvalue weighted by atomic mass is 16.4. The van der Waals surface area contributed by atoms with Gasteiger partial charge in [-0.15, -0.1) is 0 Å². The summed E-state index contributed by atoms with van der Waals surface area (Å²) in [5, 5.41) is 19.8. The molecule has 3 rings (SSSR count). The maximum absolute atomic E-state index is 13.6. The van der Waals surface area contributed by atoms with Crippen molar-refractivity contribution in [1.82, 2.24) is 0 Å². The molecule has 0 spiro atoms. The standard InChI is InChI=1S/C38H46O6/c1-5-9-11-25(7-3)21-27-13-17-29(18-14-27)35(39)31-23-32(34(38(43)44)24-33(31)37(41)42)36(40)30-19-15-28(16-20-30)22-26(8-4)12-10-6-2/h13-20,23-26H,5-12,21-22H2,1-4H3,(H,41,42)(H,43,44). The van der Waals surface area contributed by atoms with Gasteiger partial charge in [-0.05, 0) is 47.9 Å². The zero-order valence-corrected chi connectivity index (χ0v) is 26.5. The van der Waals surface area contributed by atoms with E-state index >= 15 is 0 Å². The molecule has 2 unspecified atom stereocenters. The lowest BCUT2D eigenvalue weighted by Crippen LogP contribution is -2.17. The maximum Gasteiger partial charge on any atom is 0.336 e. The lowest BCUT2D eigenvalue weighted by Gasteiger charge is -2.15. The summed E-state index contributed by atoms with van der Waals surface area (Å²) in [5.41, 5.74) is 1.41. The molecule has 0 saturated heterocycles. The first-order valence-electron chi connectivity index (χ1n) is 16.0. The number of carbonyl (C=O) groups excluding carboxylic acids is 2. The van der Waals surface area contributed by atoms with E-state index in [9.17, 15) is 29.4 Å². The van der Waals surface area contributed by atoms with Crippen molar-refractivity contribution in [2.75, 3.05) is 0 Å². The van der Waals surface area contributed by atoms with Gasteiger partial charge in [0.05, 0.1) is 11.1 Å². The van der Waals surface area contributed by atoms with Crippen LogP contribution in [0.15, 0.2) is 60.7 Å². The summed E-state index contributed by atoms with van der Waals surface area (Å²) in [6.07, 6.45) is 10.8. The van der Waals surface area contributed by atoms with Gasteiger partial charge in [0.25, 0.3) is 0 Å². The number of rotatable bonds is 18. The van der Waals surface area contributed by atoms with E-state index in [0.29, 0.717) is 11.8 Å². The second-order valence-corrected chi connectivity index (χ2v) is 11.8. The van der Waals surface area contributed by atoms with E-state index < -0.39 is 34.6 Å². The number of hydrogen-bond acceptors (Lipinski definition) is 4. The topological polar surface area (TPSA) is 109 Å². The van der Waals surface area contributed by atoms with Gasteiger partial charge in [0.2, 0.25) is 0 Å². The normalized spacial score (nSPS) is 12.5. The van der Waals surface area contributed by atoms with Crippen LogP contribution in [0.25, 0.3) is 0 Å². The quantitative estimate of drug-likeness (QED) is 0.141. The van der Waals surface area contributed by atoms with Crippen molar-refractivity contribution in [2.24, 2.45) is 11.8 Å². The number of hydrogen-bond donors (Lipinski definition) is 2. The van der Waals surface area contributed by atoms with Crippen LogP contribution < -0.4 is 0 Å². The van der Waals surface area contributed by atoms with Crippen LogP contribution in [0.3, 0.4) is 0 Å². The Balaban J connectivity index is 1.94. The average Bonchev–Trinajstić information content (AvgIpc) is 3.04. The van der Waals surface area contributed by atoms with E-state index in [4.69, 9.17) is 0 Å². The number of benzene rings is 3. The summed E-state index contributed by atoms with van der Waals surface area (Å²) in [6.45, 7) is 8.70. The second kappa shape index (κ2) is 16.7. The fourth-order valence-corrected chi connectivity index (χ4v) is 5.78. The molecule has 0 radical (unpaired) electrons. The van der Waals surface area contributed by atoms with Gasteiger partial charge in [-0.3, -0.25) is 9.59 Å². The Morgan fingerprint density at radius 3 is 1.18 bits per heavy atom. The molecule has 0 aliphatic rings. The van der Waals surface area contributed by atoms with Crippen LogP contribution in [0, 0.1) is 11.8 Å². The molecule has 6 nitrogen and oxygen atoms in total. The molecule has 0 saturated carbocycles. The van der Waals surface area contributed by atoms with Gasteiger partial charge in [-0.1, -0.05) is 128 Å². The molecule has 6 heteroatoms. The highest BCUT2D eigenvalue weighted by molar-refractivity contribution is 6.19. The van der Waals surface area contributed by atoms with E-state index in [2.05, 4.69) is 27.7 Å². The number of carboxylic acids is 2. The summed E-state index contributed by atoms with van der Waals surface area (Å²) in [7, 11) is 0. The predicted octanol–water partition coefficient (Wildman–Crippen LogP) is 9.06. The van der Waals surface area contributed by atoms with Crippen molar-refractivity contribution in [3.63, 3.8) is 0 Å². The zero-order valence-electron chi connectivity index (χ0n) is 26.5. The van der Waals surface area contributed by atoms with E-state index in [1.54, 1.807) is 24.3 Å². The molecule has 0 amide bonds. The Morgan fingerprint density at radius 1 is 0.545 bits per heavy atom. The lowest BCUT2D eigenvalue weighted by molar-refractivity contribution is 0.0690. The monoisotopic (exact) mass is 598 g/mol. The number of carboxylic acid groups (broad SMARTS) is 2. The predicted molar refractivity (Wildman–Crippen MR) is 174 cm³/mol. The molecular formula is C38H46O6. The summed E-state index contributed by atoms with van der Waals surface area (Å²) >= 11 is 0. The Kier molecular flexibility index (Phi) is 13.1. The smallest absolute Gasteiger partial charge is 0.336 e. The molecule has 0 aromatic heterocycles. The van der Waals surface area contributed by atoms with Crippen molar-refractivity contribution < 1.29 is 29.4 Å². The Bertz CT molecular complexity index is 1330. The summed E-state index contributed by atoms with van der Waals surface area (Å²) in [4.78, 5) is 51.6. The minimum atomic E-state index is -1.44. The van der Waals surface area contributed by atoms with E-state index in [1.807, 2.05) is 24.3 Å². The fourth-order valence-electron chi connectivity index (χ4n) is 5.78. The first-order valence-corrected chi connectivity index (χ1v) is 16.0. The molecule has 2 N–H and O–H groups in total. The van der Waals surface area contributed by atoms with E-state index in [-0.39, 0.29) is 22.3 Å². The third kappa shape index (κ3) is 8.98. The maximum atomic E-state index is 13.6. The fraction of sp³-hybridized carbons (Fsp3) is 0.421. The van der Waals surface area contributed by atoms with Gasteiger partial charge < -0.3 is 10.2 Å². The van der Waals surface area contributed by atoms with Crippen LogP contribution in [0.1, 0.15) is 143 Å². The first kappa shape index (κ1) is 34.4. The summed E-state index contributed by atoms with van der Waals surface area (Å²) in [6, 6.07) is 16.3. The van der Waals surface area contributed by atoms with Crippen molar-refractivity contribution in [3.05, 3.63) is 105 Å². The Morgan fingerprint density at radius 2 is 0.886 bits per heavy atom. The molecule has 234 valence electrons. The summed E-state index contributed by atoms with van der Waals surface area (Å²) in [5.74, 6) is -2.93. The average molecular weight is 599 g/mol. The zero-order chi connectivity index (χ0) is 32.2. The minimum Gasteiger partial charge on any atom is -0.478 e. The van der Waals surface area contributed by atoms with E-state index in [1.165, 1.54) is 12.8 Å². The number of carbonyl (C=O) groups is 4. The number of ketones is 2. The second-order valence-electron chi connectivity index (χ2n) is 11.8. The molecule has 0 fully saturated rings. The van der Waals surface area contributed by atoms with Gasteiger partial charge in [0, 0.05) is 22.3 Å². The van der Waals surface area contributed by atoms with Gasteiger partial charge in [-0.2, -0.15) is 0 Å². The SMILES string of the molecule is CCCCC(CC)Cc1ccc(C(=O)c2cc(C(=O)c3ccc(CC(CC)CCCC)cc3)c(C(=O)O)cc2C(=O)O)cc1. The molecule has 0 aliphatic heterocycles. The third-order valence-corrected chi connectivity index (χ3v) is 8.68. The van der Waals surface area contributed by atoms with Crippen LogP contribution in [-0.4, -0.2) is 33.7 Å². The molecule has 0 bridgehead atoms. The lowest BCUT2D eigenvalue weighted by atomic mass is 9.88. The van der Waals surface area contributed by atoms with Crippen molar-refractivity contribution >= 4 is 23.5 Å². The number of unbranched alkanes of at least 4 members (excludes halogenated alkanes) is 2. The first-order chi connectivity index (χ1) is 21.1. The number of aromatic carboxylic acids is 2. The highest BCUT2D eigenvalue weighted by Crippen LogP contribution is 2.26. The molecule has 3 aromatic rings. The molecule has 2 atom stereocenters. The molecule has 3 aromatic carbocycles. The Labute approximate surface area is 261 Å². The molecular weight excluding hydrogens is 552 g/mol. The molecule has 44 heavy (non-hydrogen) atoms. The van der Waals surface area contributed by atoms with Gasteiger partial charge in [-0.25, -0.2) is 9.59 Å². The van der Waals surface area contributed by atoms with Crippen LogP contribution in [0.2, 0.25) is 0 Å². The van der Waals surface area contributed by atoms with E-state index in [0.717, 1.165) is 74.6 Å². The van der Waals surface area contributed by atoms with Gasteiger partial charge in [0.1, 0.15) is 0 Å². The highest BCUT2D eigenvalue weighted by Gasteiger charge is 2.27. The van der Waals surface area contributed by atoms with Gasteiger partial charge in [0.15, 0.2) is 11.6 Å². The van der Waals surface area contributed by atoms with Gasteiger partial charge >= 0.3 is 11.9 Å².